The molecule has 0 atom stereocenters. The van der Waals surface area contributed by atoms with Crippen LogP contribution in [0.25, 0.3) is 43.4 Å². The van der Waals surface area contributed by atoms with Gasteiger partial charge in [-0.05, 0) is 39.7 Å². The lowest BCUT2D eigenvalue weighted by molar-refractivity contribution is 1.51. The van der Waals surface area contributed by atoms with Gasteiger partial charge in [-0.15, -0.1) is 0 Å². The quantitative estimate of drug-likeness (QED) is 0.264. The monoisotopic (exact) mass is 292 g/mol. The maximum absolute atomic E-state index is 8.98. The van der Waals surface area contributed by atoms with Gasteiger partial charge in [0.15, 0.2) is 0 Å². The van der Waals surface area contributed by atoms with E-state index in [1.165, 1.54) is 0 Å². The van der Waals surface area contributed by atoms with E-state index in [0.29, 0.717) is 0 Å². The second-order valence-electron chi connectivity index (χ2n) is 4.68. The average molecular weight is 292 g/mol. The highest BCUT2D eigenvalue weighted by atomic mass is 14.7. The second-order valence-corrected chi connectivity index (χ2v) is 4.68. The maximum Gasteiger partial charge on any atom is 0.0716 e. The number of benzene rings is 4. The van der Waals surface area contributed by atoms with Gasteiger partial charge in [-0.1, -0.05) is 60.4 Å². The van der Waals surface area contributed by atoms with Gasteiger partial charge in [0.25, 0.3) is 0 Å². The van der Waals surface area contributed by atoms with Crippen LogP contribution < -0.4 is 0 Å². The zero-order valence-corrected chi connectivity index (χ0v) is 10.9. The van der Waals surface area contributed by atoms with E-state index in [1.54, 1.807) is 0 Å². The zero-order chi connectivity index (χ0) is 25.8. The molecular formula is C21H13N. The van der Waals surface area contributed by atoms with Gasteiger partial charge in [0.1, 0.15) is 0 Å². The molecule has 102 valence electrons. The summed E-state index contributed by atoms with van der Waals surface area (Å²) in [5.41, 5.74) is -0.559. The number of rotatable bonds is 0. The average Bonchev–Trinajstić information content (AvgIpc) is 2.83. The predicted molar refractivity (Wildman–Crippen MR) is 94.3 cm³/mol. The second kappa shape index (κ2) is 4.28. The molecule has 0 spiro atoms. The van der Waals surface area contributed by atoms with Crippen LogP contribution in [0.15, 0.2) is 78.6 Å². The molecule has 0 radical (unpaired) electrons. The normalized spacial score (nSPS) is 19.9. The van der Waals surface area contributed by atoms with Gasteiger partial charge in [0.05, 0.1) is 28.9 Å². The topological polar surface area (TPSA) is 12.9 Å². The molecule has 0 saturated heterocycles. The van der Waals surface area contributed by atoms with Crippen LogP contribution in [0.4, 0.5) is 0 Å². The highest BCUT2D eigenvalue weighted by molar-refractivity contribution is 6.14. The van der Waals surface area contributed by atoms with Gasteiger partial charge < -0.3 is 0 Å². The largest absolute Gasteiger partial charge is 0.248 e. The van der Waals surface area contributed by atoms with E-state index in [4.69, 9.17) is 17.8 Å². The minimum atomic E-state index is -0.616. The van der Waals surface area contributed by atoms with Crippen molar-refractivity contribution in [1.29, 1.82) is 0 Å². The van der Waals surface area contributed by atoms with Crippen molar-refractivity contribution in [3.05, 3.63) is 78.6 Å². The molecule has 4 aromatic carbocycles. The van der Waals surface area contributed by atoms with Crippen LogP contribution in [0.5, 0.6) is 0 Å². The van der Waals surface area contributed by atoms with Crippen LogP contribution in [0.2, 0.25) is 0 Å². The minimum absolute atomic E-state index is 0.202. The van der Waals surface area contributed by atoms with Gasteiger partial charge in [-0.25, -0.2) is 4.98 Å². The fourth-order valence-corrected chi connectivity index (χ4v) is 2.44. The van der Waals surface area contributed by atoms with Gasteiger partial charge >= 0.3 is 0 Å². The Balaban J connectivity index is 2.25. The van der Waals surface area contributed by atoms with Crippen molar-refractivity contribution in [3.8, 4) is 0 Å². The standard InChI is InChI=1S/C21H13N/c1-3-7-16-14(5-1)9-11-20-18(16)13-19-17-8-4-2-6-15(17)10-12-21(19)22-20/h1-13H/i1D,2D,3D,4D,5D,6D,7D,8D,9D,10D,11D,12D,13D. The lowest BCUT2D eigenvalue weighted by Crippen LogP contribution is -1.85. The van der Waals surface area contributed by atoms with Crippen LogP contribution in [0.3, 0.4) is 0 Å². The molecule has 0 aliphatic rings. The Morgan fingerprint density at radius 2 is 1.05 bits per heavy atom. The van der Waals surface area contributed by atoms with Crippen LogP contribution in [-0.2, 0) is 0 Å². The molecule has 0 aliphatic carbocycles. The van der Waals surface area contributed by atoms with Crippen molar-refractivity contribution in [2.75, 3.05) is 0 Å². The third-order valence-electron chi connectivity index (χ3n) is 3.43. The van der Waals surface area contributed by atoms with E-state index in [0.717, 1.165) is 0 Å². The summed E-state index contributed by atoms with van der Waals surface area (Å²) in [5.74, 6) is 0. The summed E-state index contributed by atoms with van der Waals surface area (Å²) in [4.78, 5) is 4.26. The number of hydrogen-bond donors (Lipinski definition) is 0. The van der Waals surface area contributed by atoms with Gasteiger partial charge in [0.2, 0.25) is 0 Å². The van der Waals surface area contributed by atoms with Crippen molar-refractivity contribution < 1.29 is 17.8 Å². The van der Waals surface area contributed by atoms with Crippen LogP contribution in [-0.4, -0.2) is 4.98 Å². The maximum atomic E-state index is 8.98. The summed E-state index contributed by atoms with van der Waals surface area (Å²) in [7, 11) is 0. The van der Waals surface area contributed by atoms with Crippen molar-refractivity contribution in [3.63, 3.8) is 0 Å². The van der Waals surface area contributed by atoms with Gasteiger partial charge in [-0.2, -0.15) is 0 Å². The molecule has 1 heteroatoms. The van der Waals surface area contributed by atoms with E-state index < -0.39 is 78.6 Å². The van der Waals surface area contributed by atoms with Crippen LogP contribution in [0.1, 0.15) is 17.8 Å². The molecule has 0 amide bonds. The molecule has 1 nitrogen and oxygen atoms in total. The molecule has 0 unspecified atom stereocenters. The highest BCUT2D eigenvalue weighted by Crippen LogP contribution is 2.30. The first-order chi connectivity index (χ1) is 16.3. The summed E-state index contributed by atoms with van der Waals surface area (Å²) < 4.78 is 108. The fourth-order valence-electron chi connectivity index (χ4n) is 2.44. The molecule has 22 heavy (non-hydrogen) atoms. The van der Waals surface area contributed by atoms with Crippen molar-refractivity contribution in [1.82, 2.24) is 4.98 Å². The van der Waals surface area contributed by atoms with Crippen LogP contribution in [0, 0.1) is 0 Å². The number of pyridine rings is 1. The highest BCUT2D eigenvalue weighted by Gasteiger charge is 2.06. The third-order valence-corrected chi connectivity index (χ3v) is 3.43. The summed E-state index contributed by atoms with van der Waals surface area (Å²) in [6, 6.07) is -7.29. The first-order valence-corrected chi connectivity index (χ1v) is 6.45. The number of nitrogens with zero attached hydrogens (tertiary/aromatic N) is 1. The van der Waals surface area contributed by atoms with E-state index in [2.05, 4.69) is 4.98 Å². The summed E-state index contributed by atoms with van der Waals surface area (Å²) in [6.45, 7) is 0. The molecule has 0 aliphatic heterocycles. The SMILES string of the molecule is [2H]c1c([2H])c([2H])c2c(c1[2H])c([2H])c([2H])c1nc3c([2H])c([2H])c4c([2H])c([2H])c([2H])c([2H])c4c3c([2H])c12. The number of fused-ring (bicyclic) bond motifs is 6. The van der Waals surface area contributed by atoms with E-state index in [-0.39, 0.29) is 43.4 Å². The van der Waals surface area contributed by atoms with Crippen molar-refractivity contribution >= 4 is 43.4 Å². The number of hydrogen-bond acceptors (Lipinski definition) is 1. The first-order valence-electron chi connectivity index (χ1n) is 12.9. The molecule has 5 aromatic rings. The molecule has 5 rings (SSSR count). The molecule has 1 aromatic heterocycles. The first kappa shape index (κ1) is 4.79. The molecule has 0 N–H and O–H groups in total. The Morgan fingerprint density at radius 3 is 1.59 bits per heavy atom. The Labute approximate surface area is 146 Å². The van der Waals surface area contributed by atoms with Gasteiger partial charge in [0, 0.05) is 10.8 Å². The molecule has 0 bridgehead atoms. The van der Waals surface area contributed by atoms with Crippen LogP contribution >= 0.6 is 0 Å². The predicted octanol–water partition coefficient (Wildman–Crippen LogP) is 5.69. The minimum Gasteiger partial charge on any atom is -0.248 e. The fraction of sp³-hybridized carbons (Fsp3) is 0. The van der Waals surface area contributed by atoms with Crippen molar-refractivity contribution in [2.45, 2.75) is 0 Å². The summed E-state index contributed by atoms with van der Waals surface area (Å²) in [5, 5.41) is -1.41. The Hall–Kier alpha value is -2.93. The Morgan fingerprint density at radius 1 is 0.545 bits per heavy atom. The lowest BCUT2D eigenvalue weighted by atomic mass is 10.0. The third kappa shape index (κ3) is 1.57. The van der Waals surface area contributed by atoms with E-state index in [1.807, 2.05) is 0 Å². The summed E-state index contributed by atoms with van der Waals surface area (Å²) in [6.07, 6.45) is 0. The van der Waals surface area contributed by atoms with Crippen molar-refractivity contribution in [2.24, 2.45) is 0 Å². The number of aromatic nitrogens is 1. The Kier molecular flexibility index (Phi) is 0.931. The molecular weight excluding hydrogens is 266 g/mol. The van der Waals surface area contributed by atoms with E-state index in [9.17, 15) is 0 Å². The smallest absolute Gasteiger partial charge is 0.0716 e. The Bertz CT molecular complexity index is 1700. The molecule has 1 heterocycles. The lowest BCUT2D eigenvalue weighted by Gasteiger charge is -2.08. The molecule has 0 saturated carbocycles. The van der Waals surface area contributed by atoms with E-state index >= 15 is 0 Å². The zero-order valence-electron chi connectivity index (χ0n) is 23.9. The molecule has 0 fully saturated rings. The van der Waals surface area contributed by atoms with Gasteiger partial charge in [-0.3, -0.25) is 0 Å². The summed E-state index contributed by atoms with van der Waals surface area (Å²) >= 11 is 0.